The number of rotatable bonds is 9. The molecule has 0 fully saturated rings. The highest BCUT2D eigenvalue weighted by atomic mass is 32.1. The third kappa shape index (κ3) is 8.31. The van der Waals surface area contributed by atoms with Crippen LogP contribution in [0.25, 0.3) is 10.4 Å². The molecule has 2 aromatic carbocycles. The van der Waals surface area contributed by atoms with Gasteiger partial charge in [-0.05, 0) is 95.5 Å². The highest BCUT2D eigenvalue weighted by Crippen LogP contribution is 2.36. The van der Waals surface area contributed by atoms with Gasteiger partial charge in [0.15, 0.2) is 6.04 Å². The number of esters is 1. The minimum Gasteiger partial charge on any atom is -0.497 e. The molecule has 0 spiro atoms. The van der Waals surface area contributed by atoms with Crippen LogP contribution in [0.2, 0.25) is 0 Å². The van der Waals surface area contributed by atoms with E-state index in [9.17, 15) is 14.4 Å². The van der Waals surface area contributed by atoms with E-state index < -0.39 is 35.7 Å². The molecule has 0 aliphatic rings. The van der Waals surface area contributed by atoms with Gasteiger partial charge in [0.2, 0.25) is 0 Å². The largest absolute Gasteiger partial charge is 0.497 e. The highest BCUT2D eigenvalue weighted by Gasteiger charge is 2.33. The fourth-order valence-electron chi connectivity index (χ4n) is 4.52. The van der Waals surface area contributed by atoms with Crippen molar-refractivity contribution < 1.29 is 28.6 Å². The van der Waals surface area contributed by atoms with Crippen molar-refractivity contribution in [2.45, 2.75) is 66.2 Å². The molecule has 0 aliphatic heterocycles. The maximum Gasteiger partial charge on any atom is 0.331 e. The standard InChI is InChI=1S/C31H39N3O6S/c1-17-14-18(2)25(19(3)15-17)34-30(37)32-23-16-24(21-10-12-22(38-8)13-11-21)41-27(23)28(35)33-26(29(36)39-9)20(4)40-31(5,6)7/h10-16,20,26H,1-9H3,(H,33,35)(H2,32,34,37)/t20?,26-/m0/s1. The van der Waals surface area contributed by atoms with Crippen LogP contribution in [0.5, 0.6) is 5.75 Å². The van der Waals surface area contributed by atoms with E-state index in [0.717, 1.165) is 27.1 Å². The monoisotopic (exact) mass is 581 g/mol. The van der Waals surface area contributed by atoms with Crippen molar-refractivity contribution in [3.8, 4) is 16.2 Å². The Balaban J connectivity index is 1.96. The van der Waals surface area contributed by atoms with Crippen molar-refractivity contribution in [2.24, 2.45) is 0 Å². The van der Waals surface area contributed by atoms with Crippen molar-refractivity contribution in [3.05, 3.63) is 64.0 Å². The Morgan fingerprint density at radius 3 is 2.05 bits per heavy atom. The summed E-state index contributed by atoms with van der Waals surface area (Å²) in [6.45, 7) is 13.1. The average molecular weight is 582 g/mol. The zero-order valence-electron chi connectivity index (χ0n) is 25.1. The molecule has 10 heteroatoms. The molecule has 0 saturated carbocycles. The number of hydrogen-bond donors (Lipinski definition) is 3. The number of methoxy groups -OCH3 is 2. The second kappa shape index (κ2) is 13.2. The van der Waals surface area contributed by atoms with E-state index >= 15 is 0 Å². The minimum absolute atomic E-state index is 0.222. The molecule has 220 valence electrons. The summed E-state index contributed by atoms with van der Waals surface area (Å²) in [6, 6.07) is 11.5. The maximum atomic E-state index is 13.6. The van der Waals surface area contributed by atoms with Crippen LogP contribution in [-0.2, 0) is 14.3 Å². The molecule has 0 aliphatic carbocycles. The molecule has 1 unspecified atom stereocenters. The Morgan fingerprint density at radius 1 is 0.902 bits per heavy atom. The molecule has 0 bridgehead atoms. The lowest BCUT2D eigenvalue weighted by Crippen LogP contribution is -2.50. The van der Waals surface area contributed by atoms with Crippen molar-refractivity contribution in [3.63, 3.8) is 0 Å². The molecule has 1 heterocycles. The zero-order chi connectivity index (χ0) is 30.5. The molecule has 0 radical (unpaired) electrons. The van der Waals surface area contributed by atoms with Crippen LogP contribution in [0.15, 0.2) is 42.5 Å². The molecule has 1 aromatic heterocycles. The number of thiophene rings is 1. The van der Waals surface area contributed by atoms with Gasteiger partial charge in [0.05, 0.1) is 31.6 Å². The first-order valence-corrected chi connectivity index (χ1v) is 14.0. The number of urea groups is 1. The predicted molar refractivity (Wildman–Crippen MR) is 163 cm³/mol. The lowest BCUT2D eigenvalue weighted by atomic mass is 10.1. The van der Waals surface area contributed by atoms with Crippen LogP contribution >= 0.6 is 11.3 Å². The molecule has 3 aromatic rings. The van der Waals surface area contributed by atoms with E-state index in [-0.39, 0.29) is 4.88 Å². The van der Waals surface area contributed by atoms with Crippen LogP contribution in [0.4, 0.5) is 16.2 Å². The highest BCUT2D eigenvalue weighted by molar-refractivity contribution is 7.18. The number of carbonyl (C=O) groups is 3. The first-order valence-electron chi connectivity index (χ1n) is 13.2. The smallest absolute Gasteiger partial charge is 0.331 e. The summed E-state index contributed by atoms with van der Waals surface area (Å²) in [5.41, 5.74) is 4.21. The Morgan fingerprint density at radius 2 is 1.51 bits per heavy atom. The number of benzene rings is 2. The molecular formula is C31H39N3O6S. The van der Waals surface area contributed by atoms with E-state index in [4.69, 9.17) is 14.2 Å². The van der Waals surface area contributed by atoms with E-state index in [0.29, 0.717) is 17.1 Å². The van der Waals surface area contributed by atoms with Gasteiger partial charge < -0.3 is 30.2 Å². The number of carbonyl (C=O) groups excluding carboxylic acids is 3. The molecule has 0 saturated heterocycles. The minimum atomic E-state index is -1.07. The number of amides is 3. The first kappa shape index (κ1) is 31.6. The number of hydrogen-bond acceptors (Lipinski definition) is 7. The molecule has 2 atom stereocenters. The van der Waals surface area contributed by atoms with Crippen molar-refractivity contribution in [1.29, 1.82) is 0 Å². The van der Waals surface area contributed by atoms with Crippen LogP contribution < -0.4 is 20.7 Å². The summed E-state index contributed by atoms with van der Waals surface area (Å²) in [5.74, 6) is -0.495. The molecule has 41 heavy (non-hydrogen) atoms. The lowest BCUT2D eigenvalue weighted by molar-refractivity contribution is -0.150. The zero-order valence-corrected chi connectivity index (χ0v) is 25.9. The van der Waals surface area contributed by atoms with E-state index in [1.54, 1.807) is 20.1 Å². The van der Waals surface area contributed by atoms with E-state index in [1.165, 1.54) is 18.4 Å². The van der Waals surface area contributed by atoms with Gasteiger partial charge in [0, 0.05) is 10.6 Å². The van der Waals surface area contributed by atoms with Gasteiger partial charge >= 0.3 is 12.0 Å². The number of ether oxygens (including phenoxy) is 3. The summed E-state index contributed by atoms with van der Waals surface area (Å²) in [5, 5.41) is 8.50. The quantitative estimate of drug-likeness (QED) is 0.250. The summed E-state index contributed by atoms with van der Waals surface area (Å²) < 4.78 is 16.2. The second-order valence-electron chi connectivity index (χ2n) is 10.8. The first-order chi connectivity index (χ1) is 19.2. The van der Waals surface area contributed by atoms with Crippen molar-refractivity contribution in [2.75, 3.05) is 24.9 Å². The number of nitrogens with one attached hydrogen (secondary N) is 3. The summed E-state index contributed by atoms with van der Waals surface area (Å²) in [6.07, 6.45) is -0.681. The maximum absolute atomic E-state index is 13.6. The van der Waals surface area contributed by atoms with Crippen molar-refractivity contribution in [1.82, 2.24) is 5.32 Å². The van der Waals surface area contributed by atoms with Gasteiger partial charge in [-0.2, -0.15) is 0 Å². The molecule has 3 amide bonds. The van der Waals surface area contributed by atoms with Crippen LogP contribution in [0.1, 0.15) is 54.1 Å². The Kier molecular flexibility index (Phi) is 10.2. The van der Waals surface area contributed by atoms with Crippen LogP contribution in [0, 0.1) is 20.8 Å². The third-order valence-electron chi connectivity index (χ3n) is 6.23. The summed E-state index contributed by atoms with van der Waals surface area (Å²) in [4.78, 5) is 40.4. The van der Waals surface area contributed by atoms with E-state index in [2.05, 4.69) is 16.0 Å². The fourth-order valence-corrected chi connectivity index (χ4v) is 5.54. The van der Waals surface area contributed by atoms with Gasteiger partial charge in [-0.1, -0.05) is 17.7 Å². The molecule has 3 rings (SSSR count). The van der Waals surface area contributed by atoms with Crippen LogP contribution in [-0.4, -0.2) is 49.9 Å². The second-order valence-corrected chi connectivity index (χ2v) is 11.9. The average Bonchev–Trinajstić information content (AvgIpc) is 3.31. The normalized spacial score (nSPS) is 12.7. The van der Waals surface area contributed by atoms with Gasteiger partial charge in [-0.15, -0.1) is 11.3 Å². The predicted octanol–water partition coefficient (Wildman–Crippen LogP) is 6.47. The number of aryl methyl sites for hydroxylation is 3. The van der Waals surface area contributed by atoms with Crippen molar-refractivity contribution >= 4 is 40.6 Å². The van der Waals surface area contributed by atoms with Gasteiger partial charge in [-0.25, -0.2) is 9.59 Å². The Hall–Kier alpha value is -3.89. The summed E-state index contributed by atoms with van der Waals surface area (Å²) in [7, 11) is 2.84. The molecule has 9 nitrogen and oxygen atoms in total. The molecule has 3 N–H and O–H groups in total. The fraction of sp³-hybridized carbons (Fsp3) is 0.387. The third-order valence-corrected chi connectivity index (χ3v) is 7.41. The van der Waals surface area contributed by atoms with Crippen LogP contribution in [0.3, 0.4) is 0 Å². The Bertz CT molecular complexity index is 1390. The van der Waals surface area contributed by atoms with Gasteiger partial charge in [0.25, 0.3) is 5.91 Å². The lowest BCUT2D eigenvalue weighted by Gasteiger charge is -2.29. The molecular weight excluding hydrogens is 542 g/mol. The topological polar surface area (TPSA) is 115 Å². The van der Waals surface area contributed by atoms with E-state index in [1.807, 2.05) is 77.9 Å². The number of anilines is 2. The summed E-state index contributed by atoms with van der Waals surface area (Å²) >= 11 is 1.19. The van der Waals surface area contributed by atoms with Gasteiger partial charge in [-0.3, -0.25) is 4.79 Å². The Labute approximate surface area is 245 Å². The van der Waals surface area contributed by atoms with Gasteiger partial charge in [0.1, 0.15) is 10.6 Å². The SMILES string of the molecule is COC(=O)[C@@H](NC(=O)c1sc(-c2ccc(OC)cc2)cc1NC(=O)Nc1c(C)cc(C)cc1C)C(C)OC(C)(C)C.